The zero-order chi connectivity index (χ0) is 8.53. The maximum absolute atomic E-state index is 3.88. The predicted molar refractivity (Wildman–Crippen MR) is 49.0 cm³/mol. The molecule has 2 N–H and O–H groups in total. The number of hydrogen-bond acceptors (Lipinski definition) is 4. The van der Waals surface area contributed by atoms with Crippen LogP contribution in [0.4, 0.5) is 0 Å². The van der Waals surface area contributed by atoms with Crippen LogP contribution in [0.15, 0.2) is 5.10 Å². The van der Waals surface area contributed by atoms with E-state index in [-0.39, 0.29) is 0 Å². The van der Waals surface area contributed by atoms with E-state index in [4.69, 9.17) is 0 Å². The van der Waals surface area contributed by atoms with Gasteiger partial charge in [0.05, 0.1) is 0 Å². The summed E-state index contributed by atoms with van der Waals surface area (Å²) in [6.45, 7) is 2.96. The van der Waals surface area contributed by atoms with Gasteiger partial charge >= 0.3 is 0 Å². The zero-order valence-electron chi connectivity index (χ0n) is 7.59. The molecule has 0 aliphatic rings. The molecule has 0 fully saturated rings. The molecular formula is C7H18N4. The van der Waals surface area contributed by atoms with E-state index in [1.165, 1.54) is 0 Å². The van der Waals surface area contributed by atoms with Crippen LogP contribution in [0.3, 0.4) is 0 Å². The number of hydrazone groups is 1. The Hall–Kier alpha value is -0.610. The molecule has 0 bridgehead atoms. The van der Waals surface area contributed by atoms with Crippen LogP contribution in [0.1, 0.15) is 0 Å². The van der Waals surface area contributed by atoms with Gasteiger partial charge in [-0.15, -0.1) is 0 Å². The van der Waals surface area contributed by atoms with Crippen molar-refractivity contribution in [2.24, 2.45) is 5.10 Å². The van der Waals surface area contributed by atoms with Gasteiger partial charge in [-0.1, -0.05) is 0 Å². The molecule has 0 radical (unpaired) electrons. The number of nitrogens with one attached hydrogen (secondary N) is 2. The van der Waals surface area contributed by atoms with Crippen molar-refractivity contribution in [3.05, 3.63) is 0 Å². The SMILES string of the molecule is CNCCN(C)C/C=N/NC. The monoisotopic (exact) mass is 158 g/mol. The van der Waals surface area contributed by atoms with Gasteiger partial charge in [0.2, 0.25) is 0 Å². The van der Waals surface area contributed by atoms with Crippen molar-refractivity contribution in [1.29, 1.82) is 0 Å². The van der Waals surface area contributed by atoms with Gasteiger partial charge in [-0.05, 0) is 14.1 Å². The van der Waals surface area contributed by atoms with Gasteiger partial charge in [0.25, 0.3) is 0 Å². The lowest BCUT2D eigenvalue weighted by atomic mass is 10.5. The summed E-state index contributed by atoms with van der Waals surface area (Å²) in [6.07, 6.45) is 1.86. The van der Waals surface area contributed by atoms with E-state index in [2.05, 4.69) is 27.8 Å². The van der Waals surface area contributed by atoms with Crippen molar-refractivity contribution in [1.82, 2.24) is 15.6 Å². The number of likely N-dealkylation sites (N-methyl/N-ethyl adjacent to an activating group) is 2. The molecular weight excluding hydrogens is 140 g/mol. The van der Waals surface area contributed by atoms with Gasteiger partial charge in [-0.3, -0.25) is 4.90 Å². The minimum atomic E-state index is 0.891. The highest BCUT2D eigenvalue weighted by atomic mass is 15.3. The molecule has 0 aliphatic carbocycles. The third-order valence-corrected chi connectivity index (χ3v) is 1.36. The molecule has 0 saturated heterocycles. The maximum Gasteiger partial charge on any atom is 0.0383 e. The standard InChI is InChI=1S/C7H18N4/c1-8-4-6-11(3)7-5-10-9-2/h5,8-9H,4,6-7H2,1-3H3/b10-5+. The molecule has 0 saturated carbocycles. The molecule has 11 heavy (non-hydrogen) atoms. The fourth-order valence-corrected chi connectivity index (χ4v) is 0.665. The van der Waals surface area contributed by atoms with Crippen LogP contribution in [0.2, 0.25) is 0 Å². The lowest BCUT2D eigenvalue weighted by molar-refractivity contribution is 0.383. The molecule has 0 spiro atoms. The van der Waals surface area contributed by atoms with Crippen LogP contribution < -0.4 is 10.7 Å². The Morgan fingerprint density at radius 1 is 1.45 bits per heavy atom. The number of rotatable bonds is 6. The minimum absolute atomic E-state index is 0.891. The first-order valence-corrected chi connectivity index (χ1v) is 3.82. The molecule has 0 aromatic rings. The van der Waals surface area contributed by atoms with Gasteiger partial charge in [0.15, 0.2) is 0 Å². The van der Waals surface area contributed by atoms with Crippen LogP contribution in [-0.2, 0) is 0 Å². The molecule has 0 heterocycles. The number of hydrogen-bond donors (Lipinski definition) is 2. The van der Waals surface area contributed by atoms with Gasteiger partial charge in [0, 0.05) is 32.9 Å². The summed E-state index contributed by atoms with van der Waals surface area (Å²) >= 11 is 0. The van der Waals surface area contributed by atoms with Gasteiger partial charge in [-0.2, -0.15) is 5.10 Å². The van der Waals surface area contributed by atoms with E-state index < -0.39 is 0 Å². The van der Waals surface area contributed by atoms with Gasteiger partial charge in [0.1, 0.15) is 0 Å². The summed E-state index contributed by atoms with van der Waals surface area (Å²) < 4.78 is 0. The van der Waals surface area contributed by atoms with Crippen molar-refractivity contribution < 1.29 is 0 Å². The van der Waals surface area contributed by atoms with Crippen molar-refractivity contribution in [3.63, 3.8) is 0 Å². The average molecular weight is 158 g/mol. The average Bonchev–Trinajstić information content (AvgIpc) is 2.01. The van der Waals surface area contributed by atoms with Crippen LogP contribution in [0.25, 0.3) is 0 Å². The fourth-order valence-electron chi connectivity index (χ4n) is 0.665. The second kappa shape index (κ2) is 7.50. The van der Waals surface area contributed by atoms with Crippen LogP contribution in [-0.4, -0.2) is 51.9 Å². The molecule has 0 unspecified atom stereocenters. The first-order chi connectivity index (χ1) is 5.31. The Balaban J connectivity index is 3.21. The lowest BCUT2D eigenvalue weighted by Crippen LogP contribution is -2.28. The second-order valence-corrected chi connectivity index (χ2v) is 2.40. The third-order valence-electron chi connectivity index (χ3n) is 1.36. The molecule has 0 rings (SSSR count). The molecule has 4 nitrogen and oxygen atoms in total. The summed E-state index contributed by atoms with van der Waals surface area (Å²) in [4.78, 5) is 2.19. The summed E-state index contributed by atoms with van der Waals surface area (Å²) in [5, 5.41) is 6.97. The third kappa shape index (κ3) is 7.29. The summed E-state index contributed by atoms with van der Waals surface area (Å²) in [5.74, 6) is 0. The largest absolute Gasteiger partial charge is 0.318 e. The minimum Gasteiger partial charge on any atom is -0.318 e. The first kappa shape index (κ1) is 10.4. The number of nitrogens with zero attached hydrogens (tertiary/aromatic N) is 2. The highest BCUT2D eigenvalue weighted by Crippen LogP contribution is 1.76. The van der Waals surface area contributed by atoms with Crippen molar-refractivity contribution in [2.45, 2.75) is 0 Å². The van der Waals surface area contributed by atoms with E-state index in [9.17, 15) is 0 Å². The molecule has 66 valence electrons. The highest BCUT2D eigenvalue weighted by Gasteiger charge is 1.92. The summed E-state index contributed by atoms with van der Waals surface area (Å²) in [7, 11) is 5.82. The van der Waals surface area contributed by atoms with Gasteiger partial charge in [-0.25, -0.2) is 0 Å². The van der Waals surface area contributed by atoms with Crippen molar-refractivity contribution >= 4 is 6.21 Å². The lowest BCUT2D eigenvalue weighted by Gasteiger charge is -2.12. The molecule has 0 aromatic carbocycles. The van der Waals surface area contributed by atoms with E-state index in [1.807, 2.05) is 13.3 Å². The molecule has 0 aromatic heterocycles. The Morgan fingerprint density at radius 3 is 2.73 bits per heavy atom. The van der Waals surface area contributed by atoms with E-state index in [0.717, 1.165) is 19.6 Å². The maximum atomic E-state index is 3.88. The predicted octanol–water partition coefficient (Wildman–Crippen LogP) is -0.657. The van der Waals surface area contributed by atoms with E-state index in [0.29, 0.717) is 0 Å². The molecule has 0 aliphatic heterocycles. The normalized spacial score (nSPS) is 11.3. The summed E-state index contributed by atoms with van der Waals surface area (Å²) in [5.41, 5.74) is 2.71. The quantitative estimate of drug-likeness (QED) is 0.398. The zero-order valence-corrected chi connectivity index (χ0v) is 7.59. The molecule has 0 atom stereocenters. The first-order valence-electron chi connectivity index (χ1n) is 3.82. The fraction of sp³-hybridized carbons (Fsp3) is 0.857. The smallest absolute Gasteiger partial charge is 0.0383 e. The van der Waals surface area contributed by atoms with Crippen molar-refractivity contribution in [2.75, 3.05) is 40.8 Å². The Labute approximate surface area is 68.7 Å². The Morgan fingerprint density at radius 2 is 2.18 bits per heavy atom. The Kier molecular flexibility index (Phi) is 7.08. The van der Waals surface area contributed by atoms with E-state index in [1.54, 1.807) is 7.05 Å². The van der Waals surface area contributed by atoms with E-state index >= 15 is 0 Å². The van der Waals surface area contributed by atoms with Crippen LogP contribution in [0, 0.1) is 0 Å². The Bertz CT molecular complexity index is 103. The summed E-state index contributed by atoms with van der Waals surface area (Å²) in [6, 6.07) is 0. The highest BCUT2D eigenvalue weighted by molar-refractivity contribution is 5.59. The molecule has 0 amide bonds. The second-order valence-electron chi connectivity index (χ2n) is 2.40. The van der Waals surface area contributed by atoms with Crippen LogP contribution in [0.5, 0.6) is 0 Å². The molecule has 4 heteroatoms. The topological polar surface area (TPSA) is 39.7 Å². The van der Waals surface area contributed by atoms with Gasteiger partial charge < -0.3 is 10.7 Å². The van der Waals surface area contributed by atoms with Crippen molar-refractivity contribution in [3.8, 4) is 0 Å². The van der Waals surface area contributed by atoms with Crippen LogP contribution >= 0.6 is 0 Å².